The number of nitrogens with one attached hydrogen (secondary N) is 1. The highest BCUT2D eigenvalue weighted by Crippen LogP contribution is 2.25. The van der Waals surface area contributed by atoms with Gasteiger partial charge < -0.3 is 10.4 Å². The number of carbonyl (C=O) groups excluding carboxylic acids is 1. The first-order valence-electron chi connectivity index (χ1n) is 6.19. The highest BCUT2D eigenvalue weighted by Gasteiger charge is 2.27. The van der Waals surface area contributed by atoms with Crippen molar-refractivity contribution < 1.29 is 9.90 Å². The molecular formula is C14H19NO2. The summed E-state index contributed by atoms with van der Waals surface area (Å²) in [6.45, 7) is 2.17. The highest BCUT2D eigenvalue weighted by molar-refractivity contribution is 5.94. The summed E-state index contributed by atoms with van der Waals surface area (Å²) in [5.41, 5.74) is 1.84. The molecule has 1 amide bonds. The second kappa shape index (κ2) is 5.32. The fourth-order valence-electron chi connectivity index (χ4n) is 2.40. The number of aryl methyl sites for hydroxylation is 1. The number of rotatable bonds is 3. The van der Waals surface area contributed by atoms with Crippen molar-refractivity contribution in [2.24, 2.45) is 5.92 Å². The maximum Gasteiger partial charge on any atom is 0.251 e. The Labute approximate surface area is 102 Å². The molecule has 1 saturated carbocycles. The Balaban J connectivity index is 1.99. The molecule has 0 radical (unpaired) electrons. The van der Waals surface area contributed by atoms with Crippen LogP contribution in [-0.4, -0.2) is 23.7 Å². The second-order valence-corrected chi connectivity index (χ2v) is 4.82. The molecule has 1 aromatic carbocycles. The van der Waals surface area contributed by atoms with Crippen LogP contribution < -0.4 is 5.32 Å². The zero-order valence-electron chi connectivity index (χ0n) is 10.1. The Morgan fingerprint density at radius 1 is 1.35 bits per heavy atom. The summed E-state index contributed by atoms with van der Waals surface area (Å²) in [5.74, 6) is 0.194. The van der Waals surface area contributed by atoms with Crippen LogP contribution in [0.15, 0.2) is 24.3 Å². The summed E-state index contributed by atoms with van der Waals surface area (Å²) in [6.07, 6.45) is 3.07. The van der Waals surface area contributed by atoms with E-state index in [1.807, 2.05) is 31.2 Å². The van der Waals surface area contributed by atoms with E-state index in [4.69, 9.17) is 0 Å². The maximum atomic E-state index is 12.0. The van der Waals surface area contributed by atoms with Gasteiger partial charge in [-0.05, 0) is 31.9 Å². The summed E-state index contributed by atoms with van der Waals surface area (Å²) >= 11 is 0. The number of hydrogen-bond donors (Lipinski definition) is 2. The average Bonchev–Trinajstić information content (AvgIpc) is 2.77. The molecule has 0 aliphatic heterocycles. The zero-order valence-corrected chi connectivity index (χ0v) is 10.1. The lowest BCUT2D eigenvalue weighted by molar-refractivity contribution is 0.0916. The monoisotopic (exact) mass is 233 g/mol. The van der Waals surface area contributed by atoms with E-state index in [1.54, 1.807) is 0 Å². The van der Waals surface area contributed by atoms with Gasteiger partial charge in [0.2, 0.25) is 0 Å². The van der Waals surface area contributed by atoms with Gasteiger partial charge in [0.1, 0.15) is 0 Å². The smallest absolute Gasteiger partial charge is 0.251 e. The molecule has 1 aliphatic carbocycles. The van der Waals surface area contributed by atoms with Crippen LogP contribution in [0, 0.1) is 12.8 Å². The van der Waals surface area contributed by atoms with E-state index in [0.717, 1.165) is 24.8 Å². The van der Waals surface area contributed by atoms with E-state index in [2.05, 4.69) is 5.32 Å². The highest BCUT2D eigenvalue weighted by atomic mass is 16.3. The summed E-state index contributed by atoms with van der Waals surface area (Å²) < 4.78 is 0. The molecule has 2 rings (SSSR count). The maximum absolute atomic E-state index is 12.0. The number of hydrogen-bond acceptors (Lipinski definition) is 2. The Kier molecular flexibility index (Phi) is 3.79. The molecule has 0 heterocycles. The van der Waals surface area contributed by atoms with E-state index in [-0.39, 0.29) is 24.5 Å². The van der Waals surface area contributed by atoms with Crippen molar-refractivity contribution in [2.75, 3.05) is 6.61 Å². The van der Waals surface area contributed by atoms with Gasteiger partial charge in [-0.2, -0.15) is 0 Å². The predicted molar refractivity (Wildman–Crippen MR) is 66.9 cm³/mol. The van der Waals surface area contributed by atoms with Crippen molar-refractivity contribution in [1.29, 1.82) is 0 Å². The first kappa shape index (κ1) is 12.1. The second-order valence-electron chi connectivity index (χ2n) is 4.82. The van der Waals surface area contributed by atoms with Gasteiger partial charge in [0.15, 0.2) is 0 Å². The van der Waals surface area contributed by atoms with Crippen LogP contribution in [0.3, 0.4) is 0 Å². The zero-order chi connectivity index (χ0) is 12.3. The average molecular weight is 233 g/mol. The first-order valence-corrected chi connectivity index (χ1v) is 6.19. The SMILES string of the molecule is Cc1ccc(C(=O)NC2CCCC2CO)cc1. The lowest BCUT2D eigenvalue weighted by Crippen LogP contribution is -2.38. The van der Waals surface area contributed by atoms with Crippen molar-refractivity contribution in [3.63, 3.8) is 0 Å². The fourth-order valence-corrected chi connectivity index (χ4v) is 2.40. The molecule has 17 heavy (non-hydrogen) atoms. The van der Waals surface area contributed by atoms with Crippen LogP contribution in [0.4, 0.5) is 0 Å². The van der Waals surface area contributed by atoms with Gasteiger partial charge in [-0.1, -0.05) is 24.1 Å². The summed E-state index contributed by atoms with van der Waals surface area (Å²) in [5, 5.41) is 12.2. The minimum Gasteiger partial charge on any atom is -0.396 e. The Bertz CT molecular complexity index is 386. The molecule has 3 nitrogen and oxygen atoms in total. The molecule has 2 unspecified atom stereocenters. The normalized spacial score (nSPS) is 23.6. The fraction of sp³-hybridized carbons (Fsp3) is 0.500. The Morgan fingerprint density at radius 3 is 2.71 bits per heavy atom. The largest absolute Gasteiger partial charge is 0.396 e. The topological polar surface area (TPSA) is 49.3 Å². The van der Waals surface area contributed by atoms with Gasteiger partial charge in [-0.3, -0.25) is 4.79 Å². The predicted octanol–water partition coefficient (Wildman–Crippen LogP) is 1.89. The molecule has 3 heteroatoms. The summed E-state index contributed by atoms with van der Waals surface area (Å²) in [4.78, 5) is 12.0. The van der Waals surface area contributed by atoms with Crippen LogP contribution in [0.5, 0.6) is 0 Å². The van der Waals surface area contributed by atoms with E-state index in [9.17, 15) is 9.90 Å². The van der Waals surface area contributed by atoms with Crippen LogP contribution in [-0.2, 0) is 0 Å². The number of benzene rings is 1. The van der Waals surface area contributed by atoms with Crippen LogP contribution >= 0.6 is 0 Å². The summed E-state index contributed by atoms with van der Waals surface area (Å²) in [7, 11) is 0. The lowest BCUT2D eigenvalue weighted by atomic mass is 10.0. The molecule has 0 aromatic heterocycles. The molecule has 0 bridgehead atoms. The van der Waals surface area contributed by atoms with E-state index < -0.39 is 0 Å². The lowest BCUT2D eigenvalue weighted by Gasteiger charge is -2.19. The number of aliphatic hydroxyl groups excluding tert-OH is 1. The first-order chi connectivity index (χ1) is 8.20. The third kappa shape index (κ3) is 2.86. The van der Waals surface area contributed by atoms with Gasteiger partial charge in [0.05, 0.1) is 0 Å². The van der Waals surface area contributed by atoms with Crippen LogP contribution in [0.25, 0.3) is 0 Å². The third-order valence-corrected chi connectivity index (χ3v) is 3.52. The van der Waals surface area contributed by atoms with Crippen LogP contribution in [0.1, 0.15) is 35.2 Å². The Hall–Kier alpha value is -1.35. The van der Waals surface area contributed by atoms with Crippen molar-refractivity contribution in [2.45, 2.75) is 32.2 Å². The number of aliphatic hydroxyl groups is 1. The third-order valence-electron chi connectivity index (χ3n) is 3.52. The molecule has 1 aliphatic rings. The summed E-state index contributed by atoms with van der Waals surface area (Å²) in [6, 6.07) is 7.69. The van der Waals surface area contributed by atoms with Crippen LogP contribution in [0.2, 0.25) is 0 Å². The van der Waals surface area contributed by atoms with E-state index in [0.29, 0.717) is 5.56 Å². The minimum atomic E-state index is -0.0321. The quantitative estimate of drug-likeness (QED) is 0.837. The van der Waals surface area contributed by atoms with E-state index in [1.165, 1.54) is 0 Å². The van der Waals surface area contributed by atoms with Crippen molar-refractivity contribution >= 4 is 5.91 Å². The van der Waals surface area contributed by atoms with Gasteiger partial charge in [-0.15, -0.1) is 0 Å². The molecule has 2 atom stereocenters. The minimum absolute atomic E-state index is 0.0321. The molecule has 2 N–H and O–H groups in total. The molecular weight excluding hydrogens is 214 g/mol. The van der Waals surface area contributed by atoms with E-state index >= 15 is 0 Å². The van der Waals surface area contributed by atoms with Gasteiger partial charge >= 0.3 is 0 Å². The molecule has 0 spiro atoms. The van der Waals surface area contributed by atoms with Crippen molar-refractivity contribution in [1.82, 2.24) is 5.32 Å². The van der Waals surface area contributed by atoms with Crippen molar-refractivity contribution in [3.05, 3.63) is 35.4 Å². The molecule has 1 aromatic rings. The van der Waals surface area contributed by atoms with Gasteiger partial charge in [0, 0.05) is 24.1 Å². The van der Waals surface area contributed by atoms with Gasteiger partial charge in [-0.25, -0.2) is 0 Å². The number of amides is 1. The standard InChI is InChI=1S/C14H19NO2/c1-10-5-7-11(8-6-10)14(17)15-13-4-2-3-12(13)9-16/h5-8,12-13,16H,2-4,9H2,1H3,(H,15,17). The molecule has 0 saturated heterocycles. The molecule has 92 valence electrons. The number of carbonyl (C=O) groups is 1. The van der Waals surface area contributed by atoms with Gasteiger partial charge in [0.25, 0.3) is 5.91 Å². The molecule has 1 fully saturated rings. The van der Waals surface area contributed by atoms with Crippen molar-refractivity contribution in [3.8, 4) is 0 Å². The Morgan fingerprint density at radius 2 is 2.06 bits per heavy atom.